The molecule has 122 valence electrons. The van der Waals surface area contributed by atoms with Crippen molar-refractivity contribution >= 4 is 34.7 Å². The van der Waals surface area contributed by atoms with Gasteiger partial charge in [-0.3, -0.25) is 0 Å². The van der Waals surface area contributed by atoms with Crippen LogP contribution in [0.25, 0.3) is 0 Å². The molecule has 1 aromatic heterocycles. The molecule has 4 nitrogen and oxygen atoms in total. The number of anilines is 2. The molecule has 1 aliphatic heterocycles. The summed E-state index contributed by atoms with van der Waals surface area (Å²) in [5.41, 5.74) is 3.64. The van der Waals surface area contributed by atoms with Crippen LogP contribution >= 0.6 is 23.3 Å². The number of nitrogens with zero attached hydrogens (tertiary/aromatic N) is 3. The van der Waals surface area contributed by atoms with E-state index in [4.69, 9.17) is 0 Å². The third kappa shape index (κ3) is 3.31. The number of benzene rings is 2. The van der Waals surface area contributed by atoms with Gasteiger partial charge in [0.05, 0.1) is 17.1 Å². The highest BCUT2D eigenvalue weighted by atomic mass is 32.2. The minimum absolute atomic E-state index is 0.791. The summed E-state index contributed by atoms with van der Waals surface area (Å²) >= 11 is 3.26. The third-order valence-corrected chi connectivity index (χ3v) is 5.66. The Bertz CT molecular complexity index is 759. The first-order valence-electron chi connectivity index (χ1n) is 8.02. The largest absolute Gasteiger partial charge is 0.340 e. The summed E-state index contributed by atoms with van der Waals surface area (Å²) in [7, 11) is 0. The minimum Gasteiger partial charge on any atom is -0.340 e. The highest BCUT2D eigenvalue weighted by Gasteiger charge is 2.21. The number of para-hydroxylation sites is 2. The first-order valence-corrected chi connectivity index (χ1v) is 9.67. The summed E-state index contributed by atoms with van der Waals surface area (Å²) in [6, 6.07) is 17.3. The molecule has 0 aliphatic carbocycles. The van der Waals surface area contributed by atoms with Gasteiger partial charge in [-0.2, -0.15) is 0 Å². The number of hydrogen-bond donors (Lipinski definition) is 1. The van der Waals surface area contributed by atoms with E-state index in [1.165, 1.54) is 32.7 Å². The molecule has 0 fully saturated rings. The molecular formula is C18H18N4S2. The minimum atomic E-state index is 0.791. The van der Waals surface area contributed by atoms with Crippen molar-refractivity contribution in [3.8, 4) is 0 Å². The van der Waals surface area contributed by atoms with Crippen molar-refractivity contribution in [1.82, 2.24) is 14.9 Å². The van der Waals surface area contributed by atoms with Crippen molar-refractivity contribution in [2.45, 2.75) is 22.8 Å². The van der Waals surface area contributed by atoms with E-state index in [0.717, 1.165) is 31.7 Å². The van der Waals surface area contributed by atoms with Gasteiger partial charge in [-0.1, -0.05) is 40.5 Å². The number of fused-ring (bicyclic) bond motifs is 2. The van der Waals surface area contributed by atoms with Gasteiger partial charge in [0.2, 0.25) is 0 Å². The molecule has 2 aromatic carbocycles. The monoisotopic (exact) mass is 354 g/mol. The second kappa shape index (κ2) is 7.34. The normalized spacial score (nSPS) is 12.8. The Kier molecular flexibility index (Phi) is 4.78. The van der Waals surface area contributed by atoms with Crippen LogP contribution in [0, 0.1) is 0 Å². The fraction of sp³-hybridized carbons (Fsp3) is 0.222. The zero-order valence-electron chi connectivity index (χ0n) is 13.2. The van der Waals surface area contributed by atoms with Crippen molar-refractivity contribution in [2.75, 3.05) is 18.0 Å². The lowest BCUT2D eigenvalue weighted by atomic mass is 10.2. The quantitative estimate of drug-likeness (QED) is 0.668. The molecule has 3 aromatic rings. The first-order chi connectivity index (χ1) is 11.9. The molecule has 1 N–H and O–H groups in total. The van der Waals surface area contributed by atoms with Crippen LogP contribution in [0.15, 0.2) is 63.7 Å². The molecule has 6 heteroatoms. The van der Waals surface area contributed by atoms with E-state index in [2.05, 4.69) is 68.3 Å². The summed E-state index contributed by atoms with van der Waals surface area (Å²) < 4.78 is 3.89. The highest BCUT2D eigenvalue weighted by Crippen LogP contribution is 2.47. The maximum Gasteiger partial charge on any atom is 0.0893 e. The lowest BCUT2D eigenvalue weighted by Gasteiger charge is -2.32. The van der Waals surface area contributed by atoms with Crippen LogP contribution < -0.4 is 10.2 Å². The van der Waals surface area contributed by atoms with Crippen molar-refractivity contribution in [2.24, 2.45) is 0 Å². The Balaban J connectivity index is 1.42. The molecule has 0 radical (unpaired) electrons. The summed E-state index contributed by atoms with van der Waals surface area (Å²) in [6.45, 7) is 2.75. The Hall–Kier alpha value is -1.89. The molecule has 0 atom stereocenters. The van der Waals surface area contributed by atoms with Crippen LogP contribution in [0.1, 0.15) is 12.1 Å². The fourth-order valence-corrected chi connectivity index (χ4v) is 4.41. The number of nitrogens with one attached hydrogen (secondary N) is 1. The van der Waals surface area contributed by atoms with Crippen LogP contribution in [0.3, 0.4) is 0 Å². The second-order valence-corrected chi connectivity index (χ2v) is 7.31. The van der Waals surface area contributed by atoms with E-state index < -0.39 is 0 Å². The Morgan fingerprint density at radius 2 is 1.67 bits per heavy atom. The van der Waals surface area contributed by atoms with Gasteiger partial charge in [0.25, 0.3) is 0 Å². The molecule has 2 heterocycles. The van der Waals surface area contributed by atoms with Crippen molar-refractivity contribution < 1.29 is 0 Å². The van der Waals surface area contributed by atoms with E-state index >= 15 is 0 Å². The molecule has 0 saturated heterocycles. The summed E-state index contributed by atoms with van der Waals surface area (Å²) in [4.78, 5) is 5.10. The van der Waals surface area contributed by atoms with Crippen molar-refractivity contribution in [3.05, 3.63) is 59.6 Å². The zero-order chi connectivity index (χ0) is 16.2. The van der Waals surface area contributed by atoms with Gasteiger partial charge in [0.1, 0.15) is 0 Å². The van der Waals surface area contributed by atoms with Crippen LogP contribution in [0.4, 0.5) is 11.4 Å². The lowest BCUT2D eigenvalue weighted by Crippen LogP contribution is -2.25. The van der Waals surface area contributed by atoms with Gasteiger partial charge in [0.15, 0.2) is 0 Å². The maximum absolute atomic E-state index is 4.06. The molecule has 0 unspecified atom stereocenters. The number of hydrogen-bond acceptors (Lipinski definition) is 6. The predicted molar refractivity (Wildman–Crippen MR) is 100 cm³/mol. The third-order valence-electron chi connectivity index (χ3n) is 3.98. The topological polar surface area (TPSA) is 41.0 Å². The lowest BCUT2D eigenvalue weighted by molar-refractivity contribution is 0.639. The molecule has 0 saturated carbocycles. The smallest absolute Gasteiger partial charge is 0.0893 e. The van der Waals surface area contributed by atoms with E-state index in [0.29, 0.717) is 0 Å². The number of rotatable bonds is 6. The molecule has 0 bridgehead atoms. The standard InChI is InChI=1S/C18H18N4S2/c1-3-8-17-15(6-1)22(16-7-2-4-9-18(16)24-17)11-5-10-19-12-14-13-23-21-20-14/h1-4,6-9,13,19H,5,10-12H2. The van der Waals surface area contributed by atoms with Gasteiger partial charge in [-0.05, 0) is 48.8 Å². The van der Waals surface area contributed by atoms with Gasteiger partial charge in [-0.25, -0.2) is 0 Å². The van der Waals surface area contributed by atoms with E-state index in [1.54, 1.807) is 0 Å². The Morgan fingerprint density at radius 3 is 2.33 bits per heavy atom. The molecule has 1 aliphatic rings. The zero-order valence-corrected chi connectivity index (χ0v) is 14.8. The van der Waals surface area contributed by atoms with Gasteiger partial charge in [-0.15, -0.1) is 5.10 Å². The SMILES string of the molecule is c1ccc2c(c1)Sc1ccccc1N2CCCNCc1csnn1. The van der Waals surface area contributed by atoms with E-state index in [1.807, 2.05) is 17.1 Å². The Morgan fingerprint density at radius 1 is 0.958 bits per heavy atom. The molecule has 0 amide bonds. The summed E-state index contributed by atoms with van der Waals surface area (Å²) in [6.07, 6.45) is 1.07. The average Bonchev–Trinajstić information content (AvgIpc) is 3.14. The van der Waals surface area contributed by atoms with Crippen LogP contribution in [0.5, 0.6) is 0 Å². The fourth-order valence-electron chi connectivity index (χ4n) is 2.86. The predicted octanol–water partition coefficient (Wildman–Crippen LogP) is 4.32. The van der Waals surface area contributed by atoms with E-state index in [-0.39, 0.29) is 0 Å². The van der Waals surface area contributed by atoms with E-state index in [9.17, 15) is 0 Å². The van der Waals surface area contributed by atoms with Crippen LogP contribution in [-0.2, 0) is 6.54 Å². The second-order valence-electron chi connectivity index (χ2n) is 5.62. The van der Waals surface area contributed by atoms with Crippen molar-refractivity contribution in [1.29, 1.82) is 0 Å². The molecule has 0 spiro atoms. The van der Waals surface area contributed by atoms with Crippen LogP contribution in [0.2, 0.25) is 0 Å². The summed E-state index contributed by atoms with van der Waals surface area (Å²) in [5, 5.41) is 9.49. The molecular weight excluding hydrogens is 336 g/mol. The first kappa shape index (κ1) is 15.6. The van der Waals surface area contributed by atoms with Gasteiger partial charge in [0, 0.05) is 28.3 Å². The summed E-state index contributed by atoms with van der Waals surface area (Å²) in [5.74, 6) is 0. The van der Waals surface area contributed by atoms with Gasteiger partial charge >= 0.3 is 0 Å². The van der Waals surface area contributed by atoms with Crippen molar-refractivity contribution in [3.63, 3.8) is 0 Å². The molecule has 4 rings (SSSR count). The molecule has 24 heavy (non-hydrogen) atoms. The highest BCUT2D eigenvalue weighted by molar-refractivity contribution is 7.99. The number of aromatic nitrogens is 2. The Labute approximate surface area is 150 Å². The van der Waals surface area contributed by atoms with Crippen LogP contribution in [-0.4, -0.2) is 22.7 Å². The van der Waals surface area contributed by atoms with Gasteiger partial charge < -0.3 is 10.2 Å². The maximum atomic E-state index is 4.06. The average molecular weight is 355 g/mol.